The molecule has 0 unspecified atom stereocenters. The lowest BCUT2D eigenvalue weighted by molar-refractivity contribution is 0.0746. The van der Waals surface area contributed by atoms with E-state index in [9.17, 15) is 0 Å². The van der Waals surface area contributed by atoms with Gasteiger partial charge in [-0.1, -0.05) is 11.8 Å². The van der Waals surface area contributed by atoms with Gasteiger partial charge < -0.3 is 9.64 Å². The van der Waals surface area contributed by atoms with Crippen LogP contribution in [0.3, 0.4) is 0 Å². The molecule has 0 spiro atoms. The molecule has 0 aromatic rings. The van der Waals surface area contributed by atoms with Crippen LogP contribution in [0.15, 0.2) is 0 Å². The van der Waals surface area contributed by atoms with E-state index < -0.39 is 0 Å². The maximum absolute atomic E-state index is 5.58. The summed E-state index contributed by atoms with van der Waals surface area (Å²) in [5, 5.41) is 0. The predicted molar refractivity (Wildman–Crippen MR) is 95.1 cm³/mol. The average Bonchev–Trinajstić information content (AvgIpc) is 2.42. The lowest BCUT2D eigenvalue weighted by Crippen LogP contribution is -2.46. The Bertz CT molecular complexity index is 341. The van der Waals surface area contributed by atoms with Gasteiger partial charge in [-0.15, -0.1) is 0 Å². The van der Waals surface area contributed by atoms with Crippen LogP contribution in [0.1, 0.15) is 53.9 Å². The third kappa shape index (κ3) is 10.2. The molecule has 1 aliphatic heterocycles. The molecule has 0 atom stereocenters. The first-order valence-electron chi connectivity index (χ1n) is 8.93. The number of piperazine rings is 1. The largest absolute Gasteiger partial charge is 0.379 e. The number of ether oxygens (including phenoxy) is 1. The summed E-state index contributed by atoms with van der Waals surface area (Å²) in [7, 11) is 0. The molecule has 3 heteroatoms. The van der Waals surface area contributed by atoms with Crippen LogP contribution in [0.5, 0.6) is 0 Å². The molecule has 0 radical (unpaired) electrons. The zero-order valence-electron chi connectivity index (χ0n) is 15.5. The summed E-state index contributed by atoms with van der Waals surface area (Å²) in [6, 6.07) is 0. The minimum atomic E-state index is 0.126. The monoisotopic (exact) mass is 308 g/mol. The van der Waals surface area contributed by atoms with Gasteiger partial charge in [0, 0.05) is 38.2 Å². The first kappa shape index (κ1) is 19.5. The van der Waals surface area contributed by atoms with E-state index in [1.807, 2.05) is 0 Å². The van der Waals surface area contributed by atoms with Crippen molar-refractivity contribution < 1.29 is 4.74 Å². The second-order valence-electron chi connectivity index (χ2n) is 7.65. The molecule has 0 amide bonds. The van der Waals surface area contributed by atoms with Gasteiger partial charge in [0.2, 0.25) is 0 Å². The van der Waals surface area contributed by atoms with Crippen LogP contribution < -0.4 is 0 Å². The van der Waals surface area contributed by atoms with Gasteiger partial charge >= 0.3 is 0 Å². The van der Waals surface area contributed by atoms with E-state index in [-0.39, 0.29) is 5.41 Å². The van der Waals surface area contributed by atoms with E-state index in [2.05, 4.69) is 56.3 Å². The van der Waals surface area contributed by atoms with E-state index in [4.69, 9.17) is 4.74 Å². The smallest absolute Gasteiger partial charge is 0.0602 e. The fourth-order valence-electron chi connectivity index (χ4n) is 2.52. The quantitative estimate of drug-likeness (QED) is 0.506. The molecule has 1 fully saturated rings. The second kappa shape index (κ2) is 10.3. The highest BCUT2D eigenvalue weighted by atomic mass is 16.5. The zero-order valence-corrected chi connectivity index (χ0v) is 15.5. The summed E-state index contributed by atoms with van der Waals surface area (Å²) < 4.78 is 5.58. The van der Waals surface area contributed by atoms with Gasteiger partial charge in [0.25, 0.3) is 0 Å². The van der Waals surface area contributed by atoms with Gasteiger partial charge in [-0.2, -0.15) is 0 Å². The Labute approximate surface area is 138 Å². The van der Waals surface area contributed by atoms with Crippen molar-refractivity contribution in [3.05, 3.63) is 0 Å². The van der Waals surface area contributed by atoms with E-state index >= 15 is 0 Å². The molecule has 0 N–H and O–H groups in total. The zero-order chi connectivity index (χ0) is 16.4. The summed E-state index contributed by atoms with van der Waals surface area (Å²) >= 11 is 0. The molecule has 0 aromatic carbocycles. The van der Waals surface area contributed by atoms with Crippen molar-refractivity contribution >= 4 is 0 Å². The molecule has 0 aliphatic carbocycles. The van der Waals surface area contributed by atoms with Crippen molar-refractivity contribution in [2.45, 2.75) is 60.0 Å². The first-order chi connectivity index (χ1) is 10.4. The fourth-order valence-corrected chi connectivity index (χ4v) is 2.52. The lowest BCUT2D eigenvalue weighted by Gasteiger charge is -2.33. The number of rotatable bonds is 8. The normalized spacial score (nSPS) is 17.5. The van der Waals surface area contributed by atoms with Crippen molar-refractivity contribution in [3.63, 3.8) is 0 Å². The highest BCUT2D eigenvalue weighted by molar-refractivity contribution is 5.08. The standard InChI is InChI=1S/C19H36N2O/c1-18(2)22-17-8-6-7-11-20-13-15-21(16-14-20)12-9-10-19(3,4)5/h18H,6-8,11-17H2,1-5H3. The molecule has 0 aromatic heterocycles. The van der Waals surface area contributed by atoms with E-state index in [0.717, 1.165) is 26.2 Å². The molecule has 0 bridgehead atoms. The summed E-state index contributed by atoms with van der Waals surface area (Å²) in [6.45, 7) is 18.5. The highest BCUT2D eigenvalue weighted by Crippen LogP contribution is 2.10. The maximum Gasteiger partial charge on any atom is 0.0602 e. The predicted octanol–water partition coefficient (Wildman–Crippen LogP) is 3.25. The number of hydrogen-bond acceptors (Lipinski definition) is 3. The minimum Gasteiger partial charge on any atom is -0.379 e. The second-order valence-corrected chi connectivity index (χ2v) is 7.65. The van der Waals surface area contributed by atoms with Crippen LogP contribution in [-0.2, 0) is 4.74 Å². The SMILES string of the molecule is CC(C)OCCCCCN1CCN(CC#CC(C)(C)C)CC1. The van der Waals surface area contributed by atoms with Gasteiger partial charge in [0.15, 0.2) is 0 Å². The topological polar surface area (TPSA) is 15.7 Å². The lowest BCUT2D eigenvalue weighted by atomic mass is 9.98. The van der Waals surface area contributed by atoms with Crippen molar-refractivity contribution in [1.82, 2.24) is 9.80 Å². The number of hydrogen-bond donors (Lipinski definition) is 0. The average molecular weight is 309 g/mol. The van der Waals surface area contributed by atoms with E-state index in [0.29, 0.717) is 6.10 Å². The third-order valence-corrected chi connectivity index (χ3v) is 3.80. The van der Waals surface area contributed by atoms with Crippen LogP contribution in [0.2, 0.25) is 0 Å². The molecule has 1 aliphatic rings. The van der Waals surface area contributed by atoms with Crippen molar-refractivity contribution in [2.24, 2.45) is 5.41 Å². The molecule has 1 heterocycles. The van der Waals surface area contributed by atoms with Crippen LogP contribution in [0.4, 0.5) is 0 Å². The van der Waals surface area contributed by atoms with Crippen LogP contribution >= 0.6 is 0 Å². The van der Waals surface area contributed by atoms with Crippen molar-refractivity contribution in [3.8, 4) is 11.8 Å². The number of unbranched alkanes of at least 4 members (excludes halogenated alkanes) is 2. The van der Waals surface area contributed by atoms with Crippen LogP contribution in [-0.4, -0.2) is 61.8 Å². The van der Waals surface area contributed by atoms with Crippen molar-refractivity contribution in [1.29, 1.82) is 0 Å². The fraction of sp³-hybridized carbons (Fsp3) is 0.895. The molecule has 22 heavy (non-hydrogen) atoms. The molecule has 0 saturated carbocycles. The summed E-state index contributed by atoms with van der Waals surface area (Å²) in [4.78, 5) is 5.07. The van der Waals surface area contributed by atoms with Gasteiger partial charge in [-0.3, -0.25) is 4.90 Å². The Morgan fingerprint density at radius 3 is 2.18 bits per heavy atom. The van der Waals surface area contributed by atoms with Crippen LogP contribution in [0.25, 0.3) is 0 Å². The molecular weight excluding hydrogens is 272 g/mol. The van der Waals surface area contributed by atoms with Gasteiger partial charge in [0.1, 0.15) is 0 Å². The highest BCUT2D eigenvalue weighted by Gasteiger charge is 2.15. The molecule has 128 valence electrons. The Morgan fingerprint density at radius 2 is 1.59 bits per heavy atom. The Hall–Kier alpha value is -0.560. The van der Waals surface area contributed by atoms with E-state index in [1.165, 1.54) is 38.9 Å². The molecule has 1 rings (SSSR count). The Kier molecular flexibility index (Phi) is 9.09. The number of nitrogens with zero attached hydrogens (tertiary/aromatic N) is 2. The molecule has 3 nitrogen and oxygen atoms in total. The summed E-state index contributed by atoms with van der Waals surface area (Å²) in [5.41, 5.74) is 0.126. The third-order valence-electron chi connectivity index (χ3n) is 3.80. The molecule has 1 saturated heterocycles. The molecular formula is C19H36N2O. The maximum atomic E-state index is 5.58. The first-order valence-corrected chi connectivity index (χ1v) is 8.93. The minimum absolute atomic E-state index is 0.126. The Balaban J connectivity index is 2.04. The van der Waals surface area contributed by atoms with Crippen molar-refractivity contribution in [2.75, 3.05) is 45.9 Å². The van der Waals surface area contributed by atoms with Crippen LogP contribution in [0, 0.1) is 17.3 Å². The summed E-state index contributed by atoms with van der Waals surface area (Å²) in [5.74, 6) is 6.65. The van der Waals surface area contributed by atoms with Gasteiger partial charge in [-0.25, -0.2) is 0 Å². The Morgan fingerprint density at radius 1 is 0.955 bits per heavy atom. The van der Waals surface area contributed by atoms with Gasteiger partial charge in [0.05, 0.1) is 12.6 Å². The summed E-state index contributed by atoms with van der Waals surface area (Å²) in [6.07, 6.45) is 4.14. The van der Waals surface area contributed by atoms with Gasteiger partial charge in [-0.05, 0) is 60.4 Å². The van der Waals surface area contributed by atoms with E-state index in [1.54, 1.807) is 0 Å².